The van der Waals surface area contributed by atoms with Gasteiger partial charge in [-0.05, 0) is 36.7 Å². The Hall–Kier alpha value is -1.77. The second kappa shape index (κ2) is 12.7. The number of aliphatic hydroxyl groups excluding tert-OH is 1. The third-order valence-corrected chi connectivity index (χ3v) is 2.44. The summed E-state index contributed by atoms with van der Waals surface area (Å²) in [5.41, 5.74) is 0. The second-order valence-corrected chi connectivity index (χ2v) is 4.17. The van der Waals surface area contributed by atoms with E-state index in [9.17, 15) is 4.79 Å². The maximum Gasteiger partial charge on any atom is 0.229 e. The van der Waals surface area contributed by atoms with Crippen LogP contribution in [-0.4, -0.2) is 17.0 Å². The van der Waals surface area contributed by atoms with Gasteiger partial charge in [-0.2, -0.15) is 0 Å². The van der Waals surface area contributed by atoms with Gasteiger partial charge in [0, 0.05) is 0 Å². The number of hydrogen-bond donors (Lipinski definition) is 1. The molecule has 0 unspecified atom stereocenters. The largest absolute Gasteiger partial charge is 0.377 e. The van der Waals surface area contributed by atoms with E-state index in [4.69, 9.17) is 5.11 Å². The maximum absolute atomic E-state index is 11.3. The van der Waals surface area contributed by atoms with Crippen molar-refractivity contribution < 1.29 is 9.90 Å². The number of rotatable bonds is 8. The molecule has 0 fully saturated rings. The van der Waals surface area contributed by atoms with Gasteiger partial charge in [0.1, 0.15) is 6.10 Å². The quantitative estimate of drug-likeness (QED) is 0.239. The Morgan fingerprint density at radius 2 is 2.00 bits per heavy atom. The van der Waals surface area contributed by atoms with Crippen molar-refractivity contribution in [3.63, 3.8) is 0 Å². The Balaban J connectivity index is 3.81. The van der Waals surface area contributed by atoms with Crippen LogP contribution < -0.4 is 0 Å². The first-order chi connectivity index (χ1) is 9.20. The van der Waals surface area contributed by atoms with Gasteiger partial charge in [0.2, 0.25) is 5.78 Å². The molecule has 0 amide bonds. The van der Waals surface area contributed by atoms with Crippen LogP contribution in [0.25, 0.3) is 0 Å². The second-order valence-electron chi connectivity index (χ2n) is 4.17. The van der Waals surface area contributed by atoms with Gasteiger partial charge in [-0.25, -0.2) is 0 Å². The molecule has 0 aromatic heterocycles. The van der Waals surface area contributed by atoms with Crippen LogP contribution in [0.15, 0.2) is 24.8 Å². The number of unbranched alkanes of at least 4 members (excludes halogenated alkanes) is 5. The van der Waals surface area contributed by atoms with E-state index < -0.39 is 6.10 Å². The minimum Gasteiger partial charge on any atom is -0.377 e. The normalized spacial score (nSPS) is 11.1. The Morgan fingerprint density at radius 3 is 2.68 bits per heavy atom. The lowest BCUT2D eigenvalue weighted by Crippen LogP contribution is -1.94. The fourth-order valence-corrected chi connectivity index (χ4v) is 1.36. The fourth-order valence-electron chi connectivity index (χ4n) is 1.36. The monoisotopic (exact) mass is 258 g/mol. The molecule has 0 heterocycles. The number of carbonyl (C=O) groups is 1. The Bertz CT molecular complexity index is 410. The summed E-state index contributed by atoms with van der Waals surface area (Å²) in [6.07, 6.45) is 10.8. The van der Waals surface area contributed by atoms with E-state index in [1.165, 1.54) is 37.8 Å². The zero-order valence-corrected chi connectivity index (χ0v) is 11.6. The van der Waals surface area contributed by atoms with Crippen molar-refractivity contribution in [1.82, 2.24) is 0 Å². The average molecular weight is 258 g/mol. The first-order valence-corrected chi connectivity index (χ1v) is 6.73. The molecule has 0 aromatic rings. The molecule has 1 atom stereocenters. The van der Waals surface area contributed by atoms with E-state index in [-0.39, 0.29) is 5.78 Å². The third kappa shape index (κ3) is 12.5. The molecule has 102 valence electrons. The predicted octanol–water partition coefficient (Wildman–Crippen LogP) is 3.03. The number of ketones is 1. The molecule has 0 saturated heterocycles. The van der Waals surface area contributed by atoms with Crippen LogP contribution >= 0.6 is 0 Å². The summed E-state index contributed by atoms with van der Waals surface area (Å²) in [7, 11) is 0. The van der Waals surface area contributed by atoms with Crippen LogP contribution in [0, 0.1) is 23.7 Å². The zero-order chi connectivity index (χ0) is 14.3. The lowest BCUT2D eigenvalue weighted by molar-refractivity contribution is -0.109. The van der Waals surface area contributed by atoms with Gasteiger partial charge >= 0.3 is 0 Å². The molecule has 0 aliphatic heterocycles. The van der Waals surface area contributed by atoms with Crippen molar-refractivity contribution in [1.29, 1.82) is 0 Å². The SMILES string of the molecule is C=C[C@H](O)C#CC#CC(=O)/C=C\CCCCCCC. The molecular formula is C17H22O2. The maximum atomic E-state index is 11.3. The van der Waals surface area contributed by atoms with Crippen molar-refractivity contribution in [3.8, 4) is 23.7 Å². The van der Waals surface area contributed by atoms with Gasteiger partial charge < -0.3 is 5.11 Å². The van der Waals surface area contributed by atoms with Crippen molar-refractivity contribution in [2.45, 2.75) is 51.6 Å². The van der Waals surface area contributed by atoms with Crippen molar-refractivity contribution in [2.24, 2.45) is 0 Å². The van der Waals surface area contributed by atoms with Crippen LogP contribution in [0.3, 0.4) is 0 Å². The van der Waals surface area contributed by atoms with Crippen molar-refractivity contribution >= 4 is 5.78 Å². The van der Waals surface area contributed by atoms with Gasteiger partial charge in [-0.3, -0.25) is 4.79 Å². The Labute approximate surface area is 116 Å². The number of allylic oxidation sites excluding steroid dienone is 2. The Morgan fingerprint density at radius 1 is 1.26 bits per heavy atom. The van der Waals surface area contributed by atoms with E-state index in [2.05, 4.69) is 37.2 Å². The van der Waals surface area contributed by atoms with Crippen molar-refractivity contribution in [2.75, 3.05) is 0 Å². The highest BCUT2D eigenvalue weighted by atomic mass is 16.3. The molecule has 0 aromatic carbocycles. The third-order valence-electron chi connectivity index (χ3n) is 2.44. The lowest BCUT2D eigenvalue weighted by Gasteiger charge is -1.95. The van der Waals surface area contributed by atoms with Gasteiger partial charge in [-0.15, -0.1) is 0 Å². The lowest BCUT2D eigenvalue weighted by atomic mass is 10.1. The molecule has 0 bridgehead atoms. The van der Waals surface area contributed by atoms with Crippen LogP contribution in [0.4, 0.5) is 0 Å². The molecule has 0 aliphatic rings. The highest BCUT2D eigenvalue weighted by molar-refractivity contribution is 6.04. The average Bonchev–Trinajstić information content (AvgIpc) is 2.42. The van der Waals surface area contributed by atoms with Crippen LogP contribution in [0.1, 0.15) is 45.4 Å². The standard InChI is InChI=1S/C17H22O2/c1-3-5-6-7-8-9-10-14-17(19)15-12-11-13-16(18)4-2/h4,10,14,16,18H,2-3,5-9H2,1H3/b14-10-/t16-/m0/s1. The van der Waals surface area contributed by atoms with Crippen LogP contribution in [0.5, 0.6) is 0 Å². The zero-order valence-electron chi connectivity index (χ0n) is 11.6. The predicted molar refractivity (Wildman–Crippen MR) is 79.3 cm³/mol. The molecule has 2 heteroatoms. The van der Waals surface area contributed by atoms with E-state index in [1.54, 1.807) is 0 Å². The van der Waals surface area contributed by atoms with E-state index in [0.29, 0.717) is 0 Å². The van der Waals surface area contributed by atoms with Gasteiger partial charge in [0.15, 0.2) is 0 Å². The fraction of sp³-hybridized carbons (Fsp3) is 0.471. The smallest absolute Gasteiger partial charge is 0.229 e. The number of hydrogen-bond acceptors (Lipinski definition) is 2. The van der Waals surface area contributed by atoms with Crippen LogP contribution in [0.2, 0.25) is 0 Å². The van der Waals surface area contributed by atoms with E-state index in [1.807, 2.05) is 6.08 Å². The summed E-state index contributed by atoms with van der Waals surface area (Å²) < 4.78 is 0. The molecule has 1 N–H and O–H groups in total. The summed E-state index contributed by atoms with van der Waals surface area (Å²) in [6.45, 7) is 5.56. The molecule has 0 spiro atoms. The molecule has 2 nitrogen and oxygen atoms in total. The summed E-state index contributed by atoms with van der Waals surface area (Å²) in [5.74, 6) is 9.35. The number of carbonyl (C=O) groups excluding carboxylic acids is 1. The van der Waals surface area contributed by atoms with Gasteiger partial charge in [0.25, 0.3) is 0 Å². The Kier molecular flexibility index (Phi) is 11.5. The molecular weight excluding hydrogens is 236 g/mol. The van der Waals surface area contributed by atoms with Gasteiger partial charge in [-0.1, -0.05) is 57.3 Å². The van der Waals surface area contributed by atoms with Crippen molar-refractivity contribution in [3.05, 3.63) is 24.8 Å². The highest BCUT2D eigenvalue weighted by Gasteiger charge is 1.89. The summed E-state index contributed by atoms with van der Waals surface area (Å²) in [4.78, 5) is 11.3. The minimum absolute atomic E-state index is 0.254. The summed E-state index contributed by atoms with van der Waals surface area (Å²) in [5, 5.41) is 9.03. The molecule has 0 radical (unpaired) electrons. The molecule has 0 rings (SSSR count). The summed E-state index contributed by atoms with van der Waals surface area (Å²) in [6, 6.07) is 0. The van der Waals surface area contributed by atoms with E-state index in [0.717, 1.165) is 12.8 Å². The van der Waals surface area contributed by atoms with Gasteiger partial charge in [0.05, 0.1) is 0 Å². The minimum atomic E-state index is -0.886. The van der Waals surface area contributed by atoms with E-state index >= 15 is 0 Å². The molecule has 0 aliphatic carbocycles. The topological polar surface area (TPSA) is 37.3 Å². The highest BCUT2D eigenvalue weighted by Crippen LogP contribution is 2.05. The van der Waals surface area contributed by atoms with Crippen LogP contribution in [-0.2, 0) is 4.79 Å². The first-order valence-electron chi connectivity index (χ1n) is 6.73. The number of aliphatic hydroxyl groups is 1. The first kappa shape index (κ1) is 17.2. The summed E-state index contributed by atoms with van der Waals surface area (Å²) >= 11 is 0. The molecule has 0 saturated carbocycles. The molecule has 19 heavy (non-hydrogen) atoms.